The molecule has 1 aromatic carbocycles. The molecule has 0 saturated carbocycles. The van der Waals surface area contributed by atoms with Gasteiger partial charge in [-0.05, 0) is 33.0 Å². The van der Waals surface area contributed by atoms with Crippen molar-refractivity contribution in [2.24, 2.45) is 0 Å². The zero-order chi connectivity index (χ0) is 14.9. The number of benzene rings is 1. The summed E-state index contributed by atoms with van der Waals surface area (Å²) >= 11 is 0. The molecule has 20 heavy (non-hydrogen) atoms. The summed E-state index contributed by atoms with van der Waals surface area (Å²) in [6, 6.07) is 4.72. The molecular formula is C13H16N4O3. The highest BCUT2D eigenvalue weighted by atomic mass is 16.2. The lowest BCUT2D eigenvalue weighted by atomic mass is 10.0. The normalized spacial score (nSPS) is 11.6. The van der Waals surface area contributed by atoms with Crippen molar-refractivity contribution in [2.45, 2.75) is 19.4 Å². The van der Waals surface area contributed by atoms with E-state index in [0.29, 0.717) is 5.69 Å². The summed E-state index contributed by atoms with van der Waals surface area (Å²) in [6.45, 7) is 3.43. The van der Waals surface area contributed by atoms with E-state index < -0.39 is 16.7 Å². The summed E-state index contributed by atoms with van der Waals surface area (Å²) in [5.74, 6) is -0.299. The van der Waals surface area contributed by atoms with Gasteiger partial charge in [-0.2, -0.15) is 0 Å². The molecule has 7 heteroatoms. The van der Waals surface area contributed by atoms with Crippen LogP contribution in [0.15, 0.2) is 27.8 Å². The maximum Gasteiger partial charge on any atom is 0.272 e. The van der Waals surface area contributed by atoms with Crippen LogP contribution in [0.3, 0.4) is 0 Å². The fourth-order valence-electron chi connectivity index (χ4n) is 1.73. The first kappa shape index (κ1) is 14.0. The Kier molecular flexibility index (Phi) is 3.46. The van der Waals surface area contributed by atoms with Gasteiger partial charge >= 0.3 is 0 Å². The molecule has 0 bridgehead atoms. The van der Waals surface area contributed by atoms with Crippen LogP contribution in [0.5, 0.6) is 0 Å². The quantitative estimate of drug-likeness (QED) is 0.640. The predicted octanol–water partition coefficient (Wildman–Crippen LogP) is 0.153. The minimum atomic E-state index is -0.796. The Bertz CT molecular complexity index is 773. The Labute approximate surface area is 114 Å². The van der Waals surface area contributed by atoms with Crippen molar-refractivity contribution in [3.63, 3.8) is 0 Å². The van der Waals surface area contributed by atoms with Gasteiger partial charge in [0.05, 0.1) is 22.0 Å². The molecule has 1 amide bonds. The molecule has 0 fully saturated rings. The lowest BCUT2D eigenvalue weighted by Crippen LogP contribution is -2.48. The minimum absolute atomic E-state index is 0.163. The van der Waals surface area contributed by atoms with E-state index in [1.165, 1.54) is 6.07 Å². The number of hydrogen-bond acceptors (Lipinski definition) is 4. The average molecular weight is 276 g/mol. The molecule has 0 unspecified atom stereocenters. The zero-order valence-corrected chi connectivity index (χ0v) is 11.5. The zero-order valence-electron chi connectivity index (χ0n) is 11.5. The second-order valence-corrected chi connectivity index (χ2v) is 4.97. The van der Waals surface area contributed by atoms with Crippen molar-refractivity contribution >= 4 is 22.4 Å². The van der Waals surface area contributed by atoms with Crippen molar-refractivity contribution in [3.8, 4) is 0 Å². The number of hydrogen-bond donors (Lipinski definition) is 4. The van der Waals surface area contributed by atoms with Crippen LogP contribution in [0.4, 0.5) is 5.69 Å². The third kappa shape index (κ3) is 2.35. The monoisotopic (exact) mass is 276 g/mol. The Morgan fingerprint density at radius 1 is 1.15 bits per heavy atom. The second kappa shape index (κ2) is 4.93. The third-order valence-corrected chi connectivity index (χ3v) is 3.27. The summed E-state index contributed by atoms with van der Waals surface area (Å²) in [5, 5.41) is 10.4. The van der Waals surface area contributed by atoms with E-state index >= 15 is 0 Å². The first-order chi connectivity index (χ1) is 9.36. The van der Waals surface area contributed by atoms with E-state index in [-0.39, 0.29) is 16.7 Å². The van der Waals surface area contributed by atoms with Gasteiger partial charge in [-0.1, -0.05) is 6.07 Å². The fourth-order valence-corrected chi connectivity index (χ4v) is 1.73. The number of likely N-dealkylation sites (N-methyl/N-ethyl adjacent to an activating group) is 1. The van der Waals surface area contributed by atoms with Gasteiger partial charge in [-0.3, -0.25) is 24.6 Å². The average Bonchev–Trinajstić information content (AvgIpc) is 2.43. The number of rotatable bonds is 3. The number of aromatic nitrogens is 2. The van der Waals surface area contributed by atoms with Crippen LogP contribution in [-0.2, 0) is 4.79 Å². The molecule has 0 radical (unpaired) electrons. The number of carbonyl (C=O) groups excluding carboxylic acids is 1. The van der Waals surface area contributed by atoms with Gasteiger partial charge in [0, 0.05) is 0 Å². The molecule has 0 aliphatic rings. The number of fused-ring (bicyclic) bond motifs is 1. The van der Waals surface area contributed by atoms with E-state index in [1.54, 1.807) is 33.0 Å². The van der Waals surface area contributed by atoms with Gasteiger partial charge in [-0.15, -0.1) is 0 Å². The standard InChI is InChI=1S/C13H16N4O3/c1-13(2,14-3)12(20)15-8-6-4-5-7-9(8)11(19)17-16-10(7)18/h4-6,14H,1-3H3,(H,15,20)(H,16,18)(H,17,19). The van der Waals surface area contributed by atoms with Gasteiger partial charge in [0.2, 0.25) is 5.91 Å². The van der Waals surface area contributed by atoms with Crippen molar-refractivity contribution in [1.29, 1.82) is 0 Å². The van der Waals surface area contributed by atoms with Gasteiger partial charge in [-0.25, -0.2) is 0 Å². The maximum absolute atomic E-state index is 12.1. The van der Waals surface area contributed by atoms with Crippen LogP contribution in [0.2, 0.25) is 0 Å². The Morgan fingerprint density at radius 2 is 1.80 bits per heavy atom. The highest BCUT2D eigenvalue weighted by Gasteiger charge is 2.25. The molecule has 7 nitrogen and oxygen atoms in total. The molecule has 2 aromatic rings. The predicted molar refractivity (Wildman–Crippen MR) is 77.0 cm³/mol. The molecule has 0 atom stereocenters. The first-order valence-corrected chi connectivity index (χ1v) is 6.11. The van der Waals surface area contributed by atoms with E-state index in [2.05, 4.69) is 20.8 Å². The van der Waals surface area contributed by atoms with Crippen LogP contribution in [0.1, 0.15) is 13.8 Å². The number of anilines is 1. The van der Waals surface area contributed by atoms with Crippen molar-refractivity contribution in [1.82, 2.24) is 15.5 Å². The lowest BCUT2D eigenvalue weighted by molar-refractivity contribution is -0.121. The Balaban J connectivity index is 2.57. The van der Waals surface area contributed by atoms with Gasteiger partial charge in [0.15, 0.2) is 0 Å². The Morgan fingerprint density at radius 3 is 2.45 bits per heavy atom. The SMILES string of the molecule is CNC(C)(C)C(=O)Nc1cccc2c(=O)[nH][nH]c(=O)c12. The van der Waals surface area contributed by atoms with Crippen LogP contribution in [0, 0.1) is 0 Å². The molecule has 1 aromatic heterocycles. The number of carbonyl (C=O) groups is 1. The number of aromatic amines is 2. The number of nitrogens with one attached hydrogen (secondary N) is 4. The molecule has 2 rings (SSSR count). The Hall–Kier alpha value is -2.41. The summed E-state index contributed by atoms with van der Waals surface area (Å²) in [4.78, 5) is 35.7. The van der Waals surface area contributed by atoms with Gasteiger partial charge in [0.1, 0.15) is 0 Å². The fraction of sp³-hybridized carbons (Fsp3) is 0.308. The summed E-state index contributed by atoms with van der Waals surface area (Å²) < 4.78 is 0. The molecular weight excluding hydrogens is 260 g/mol. The maximum atomic E-state index is 12.1. The minimum Gasteiger partial charge on any atom is -0.324 e. The van der Waals surface area contributed by atoms with Crippen molar-refractivity contribution in [3.05, 3.63) is 38.9 Å². The van der Waals surface area contributed by atoms with E-state index in [1.807, 2.05) is 0 Å². The van der Waals surface area contributed by atoms with E-state index in [4.69, 9.17) is 0 Å². The molecule has 1 heterocycles. The summed E-state index contributed by atoms with van der Waals surface area (Å²) in [7, 11) is 1.67. The van der Waals surface area contributed by atoms with Gasteiger partial charge < -0.3 is 10.6 Å². The van der Waals surface area contributed by atoms with Crippen LogP contribution in [-0.4, -0.2) is 28.7 Å². The smallest absolute Gasteiger partial charge is 0.272 e. The van der Waals surface area contributed by atoms with Gasteiger partial charge in [0.25, 0.3) is 11.1 Å². The molecule has 0 aliphatic carbocycles. The largest absolute Gasteiger partial charge is 0.324 e. The van der Waals surface area contributed by atoms with Crippen LogP contribution < -0.4 is 21.8 Å². The molecule has 0 saturated heterocycles. The van der Waals surface area contributed by atoms with Crippen LogP contribution in [0.25, 0.3) is 10.8 Å². The molecule has 106 valence electrons. The summed E-state index contributed by atoms with van der Waals surface area (Å²) in [6.07, 6.45) is 0. The molecule has 4 N–H and O–H groups in total. The van der Waals surface area contributed by atoms with Crippen LogP contribution >= 0.6 is 0 Å². The lowest BCUT2D eigenvalue weighted by Gasteiger charge is -2.23. The topological polar surface area (TPSA) is 107 Å². The van der Waals surface area contributed by atoms with Crippen molar-refractivity contribution < 1.29 is 4.79 Å². The molecule has 0 spiro atoms. The van der Waals surface area contributed by atoms with E-state index in [0.717, 1.165) is 0 Å². The highest BCUT2D eigenvalue weighted by Crippen LogP contribution is 2.18. The van der Waals surface area contributed by atoms with E-state index in [9.17, 15) is 14.4 Å². The summed E-state index contributed by atoms with van der Waals surface area (Å²) in [5.41, 5.74) is -1.36. The first-order valence-electron chi connectivity index (χ1n) is 6.11. The second-order valence-electron chi connectivity index (χ2n) is 4.97. The number of amides is 1. The number of H-pyrrole nitrogens is 2. The molecule has 0 aliphatic heterocycles. The highest BCUT2D eigenvalue weighted by molar-refractivity contribution is 6.04. The third-order valence-electron chi connectivity index (χ3n) is 3.27. The van der Waals surface area contributed by atoms with Crippen molar-refractivity contribution in [2.75, 3.05) is 12.4 Å².